The van der Waals surface area contributed by atoms with E-state index in [1.165, 1.54) is 18.2 Å². The number of rotatable bonds is 1. The summed E-state index contributed by atoms with van der Waals surface area (Å²) in [5.74, 6) is 0. The molecule has 94 valence electrons. The zero-order valence-corrected chi connectivity index (χ0v) is 9.38. The fourth-order valence-electron chi connectivity index (χ4n) is 1.58. The van der Waals surface area contributed by atoms with E-state index in [1.54, 1.807) is 6.92 Å². The SMILES string of the molecule is Cc1cc(-c2cccc(C(F)(F)F)c2)nc(=O)[nH]1. The standard InChI is InChI=1S/C12H9F3N2O/c1-7-5-10(17-11(18)16-7)8-3-2-4-9(6-8)12(13,14)15/h2-6H,1H3,(H,16,17,18). The first-order valence-corrected chi connectivity index (χ1v) is 5.12. The van der Waals surface area contributed by atoms with Gasteiger partial charge in [-0.15, -0.1) is 0 Å². The number of aromatic nitrogens is 2. The lowest BCUT2D eigenvalue weighted by atomic mass is 10.1. The molecule has 18 heavy (non-hydrogen) atoms. The predicted octanol–water partition coefficient (Wildman–Crippen LogP) is 2.76. The molecule has 0 aliphatic carbocycles. The Hall–Kier alpha value is -2.11. The van der Waals surface area contributed by atoms with Gasteiger partial charge in [0, 0.05) is 11.3 Å². The van der Waals surface area contributed by atoms with E-state index < -0.39 is 17.4 Å². The normalized spacial score (nSPS) is 11.6. The molecule has 1 heterocycles. The Labute approximate surface area is 100 Å². The van der Waals surface area contributed by atoms with E-state index in [0.717, 1.165) is 12.1 Å². The number of nitrogens with zero attached hydrogens (tertiary/aromatic N) is 1. The van der Waals surface area contributed by atoms with Gasteiger partial charge in [0.25, 0.3) is 0 Å². The maximum atomic E-state index is 12.6. The summed E-state index contributed by atoms with van der Waals surface area (Å²) in [6.07, 6.45) is -4.41. The number of hydrogen-bond acceptors (Lipinski definition) is 2. The van der Waals surface area contributed by atoms with Gasteiger partial charge in [0.2, 0.25) is 0 Å². The summed E-state index contributed by atoms with van der Waals surface area (Å²) in [4.78, 5) is 17.3. The van der Waals surface area contributed by atoms with Crippen molar-refractivity contribution in [2.24, 2.45) is 0 Å². The van der Waals surface area contributed by atoms with Crippen molar-refractivity contribution in [3.8, 4) is 11.3 Å². The van der Waals surface area contributed by atoms with E-state index in [2.05, 4.69) is 9.97 Å². The van der Waals surface area contributed by atoms with Gasteiger partial charge in [0.1, 0.15) is 0 Å². The molecule has 0 spiro atoms. The zero-order chi connectivity index (χ0) is 13.3. The van der Waals surface area contributed by atoms with Crippen molar-refractivity contribution in [3.05, 3.63) is 52.1 Å². The molecular weight excluding hydrogens is 245 g/mol. The molecule has 0 saturated heterocycles. The number of hydrogen-bond donors (Lipinski definition) is 1. The Bertz CT molecular complexity index is 632. The molecule has 0 unspecified atom stereocenters. The quantitative estimate of drug-likeness (QED) is 0.850. The minimum atomic E-state index is -4.41. The van der Waals surface area contributed by atoms with Gasteiger partial charge in [-0.1, -0.05) is 12.1 Å². The van der Waals surface area contributed by atoms with E-state index in [0.29, 0.717) is 5.69 Å². The lowest BCUT2D eigenvalue weighted by Gasteiger charge is -2.08. The van der Waals surface area contributed by atoms with Gasteiger partial charge in [-0.05, 0) is 25.1 Å². The Morgan fingerprint density at radius 2 is 1.94 bits per heavy atom. The maximum Gasteiger partial charge on any atom is 0.416 e. The van der Waals surface area contributed by atoms with Gasteiger partial charge in [-0.25, -0.2) is 4.79 Å². The van der Waals surface area contributed by atoms with Crippen LogP contribution in [0.25, 0.3) is 11.3 Å². The van der Waals surface area contributed by atoms with Crippen molar-refractivity contribution in [3.63, 3.8) is 0 Å². The second kappa shape index (κ2) is 4.29. The highest BCUT2D eigenvalue weighted by Crippen LogP contribution is 2.31. The van der Waals surface area contributed by atoms with Gasteiger partial charge >= 0.3 is 11.9 Å². The number of aromatic amines is 1. The summed E-state index contributed by atoms with van der Waals surface area (Å²) >= 11 is 0. The molecule has 1 N–H and O–H groups in total. The van der Waals surface area contributed by atoms with Crippen LogP contribution in [0, 0.1) is 6.92 Å². The van der Waals surface area contributed by atoms with E-state index in [9.17, 15) is 18.0 Å². The zero-order valence-electron chi connectivity index (χ0n) is 9.38. The van der Waals surface area contributed by atoms with Gasteiger partial charge in [0.05, 0.1) is 11.3 Å². The second-order valence-electron chi connectivity index (χ2n) is 3.83. The van der Waals surface area contributed by atoms with E-state index in [1.807, 2.05) is 0 Å². The number of halogens is 3. The molecule has 0 amide bonds. The van der Waals surface area contributed by atoms with Crippen LogP contribution in [0.4, 0.5) is 13.2 Å². The number of nitrogens with one attached hydrogen (secondary N) is 1. The minimum absolute atomic E-state index is 0.224. The highest BCUT2D eigenvalue weighted by atomic mass is 19.4. The van der Waals surface area contributed by atoms with E-state index >= 15 is 0 Å². The first-order chi connectivity index (χ1) is 8.36. The smallest absolute Gasteiger partial charge is 0.310 e. The Morgan fingerprint density at radius 1 is 1.22 bits per heavy atom. The molecule has 0 atom stereocenters. The van der Waals surface area contributed by atoms with Crippen LogP contribution in [0.3, 0.4) is 0 Å². The molecule has 0 saturated carbocycles. The van der Waals surface area contributed by atoms with Crippen LogP contribution >= 0.6 is 0 Å². The van der Waals surface area contributed by atoms with Crippen LogP contribution < -0.4 is 5.69 Å². The van der Waals surface area contributed by atoms with Crippen LogP contribution in [0.15, 0.2) is 35.1 Å². The third-order valence-corrected chi connectivity index (χ3v) is 2.36. The van der Waals surface area contributed by atoms with Gasteiger partial charge in [-0.2, -0.15) is 18.2 Å². The molecule has 0 aliphatic rings. The fraction of sp³-hybridized carbons (Fsp3) is 0.167. The average molecular weight is 254 g/mol. The molecule has 6 heteroatoms. The number of benzene rings is 1. The van der Waals surface area contributed by atoms with Crippen molar-refractivity contribution >= 4 is 0 Å². The highest BCUT2D eigenvalue weighted by Gasteiger charge is 2.30. The highest BCUT2D eigenvalue weighted by molar-refractivity contribution is 5.60. The molecule has 0 fully saturated rings. The molecule has 3 nitrogen and oxygen atoms in total. The largest absolute Gasteiger partial charge is 0.416 e. The van der Waals surface area contributed by atoms with Crippen LogP contribution in [0.2, 0.25) is 0 Å². The second-order valence-corrected chi connectivity index (χ2v) is 3.83. The summed E-state index contributed by atoms with van der Waals surface area (Å²) in [6.45, 7) is 1.64. The summed E-state index contributed by atoms with van der Waals surface area (Å²) in [5, 5.41) is 0. The first kappa shape index (κ1) is 12.3. The summed E-state index contributed by atoms with van der Waals surface area (Å²) in [7, 11) is 0. The molecule has 1 aromatic carbocycles. The minimum Gasteiger partial charge on any atom is -0.310 e. The molecule has 2 aromatic rings. The monoisotopic (exact) mass is 254 g/mol. The molecular formula is C12H9F3N2O. The molecule has 0 bridgehead atoms. The van der Waals surface area contributed by atoms with Crippen molar-refractivity contribution in [1.29, 1.82) is 0 Å². The number of H-pyrrole nitrogens is 1. The summed E-state index contributed by atoms with van der Waals surface area (Å²) in [6, 6.07) is 6.24. The van der Waals surface area contributed by atoms with Gasteiger partial charge < -0.3 is 4.98 Å². The molecule has 2 rings (SSSR count). The van der Waals surface area contributed by atoms with Gasteiger partial charge in [-0.3, -0.25) is 0 Å². The van der Waals surface area contributed by atoms with Crippen LogP contribution in [-0.2, 0) is 6.18 Å². The summed E-state index contributed by atoms with van der Waals surface area (Å²) in [5.41, 5.74) is -0.314. The topological polar surface area (TPSA) is 45.8 Å². The Morgan fingerprint density at radius 3 is 2.56 bits per heavy atom. The average Bonchev–Trinajstić information content (AvgIpc) is 2.27. The Kier molecular flexibility index (Phi) is 2.94. The lowest BCUT2D eigenvalue weighted by molar-refractivity contribution is -0.137. The third kappa shape index (κ3) is 2.58. The van der Waals surface area contributed by atoms with Crippen LogP contribution in [0.1, 0.15) is 11.3 Å². The molecule has 1 aromatic heterocycles. The number of aryl methyl sites for hydroxylation is 1. The van der Waals surface area contributed by atoms with E-state index in [-0.39, 0.29) is 11.3 Å². The van der Waals surface area contributed by atoms with Crippen molar-refractivity contribution in [1.82, 2.24) is 9.97 Å². The lowest BCUT2D eigenvalue weighted by Crippen LogP contribution is -2.12. The first-order valence-electron chi connectivity index (χ1n) is 5.12. The maximum absolute atomic E-state index is 12.6. The van der Waals surface area contributed by atoms with Crippen molar-refractivity contribution in [2.75, 3.05) is 0 Å². The van der Waals surface area contributed by atoms with Crippen LogP contribution in [0.5, 0.6) is 0 Å². The van der Waals surface area contributed by atoms with Crippen molar-refractivity contribution < 1.29 is 13.2 Å². The van der Waals surface area contributed by atoms with Gasteiger partial charge in [0.15, 0.2) is 0 Å². The van der Waals surface area contributed by atoms with Crippen LogP contribution in [-0.4, -0.2) is 9.97 Å². The Balaban J connectivity index is 2.54. The predicted molar refractivity (Wildman–Crippen MR) is 60.0 cm³/mol. The third-order valence-electron chi connectivity index (χ3n) is 2.36. The fourth-order valence-corrected chi connectivity index (χ4v) is 1.58. The number of alkyl halides is 3. The summed E-state index contributed by atoms with van der Waals surface area (Å²) < 4.78 is 37.7. The van der Waals surface area contributed by atoms with E-state index in [4.69, 9.17) is 0 Å². The molecule has 0 aliphatic heterocycles. The van der Waals surface area contributed by atoms with Crippen molar-refractivity contribution in [2.45, 2.75) is 13.1 Å². The molecule has 0 radical (unpaired) electrons.